The maximum Gasteiger partial charge on any atom is 0.232 e. The van der Waals surface area contributed by atoms with Crippen LogP contribution in [0.5, 0.6) is 11.6 Å². The molecular weight excluding hydrogens is 306 g/mol. The van der Waals surface area contributed by atoms with Gasteiger partial charge < -0.3 is 10.5 Å². The van der Waals surface area contributed by atoms with Crippen LogP contribution in [0.3, 0.4) is 0 Å². The number of hydrogen-bond donors (Lipinski definition) is 1. The number of benzene rings is 1. The van der Waals surface area contributed by atoms with Crippen LogP contribution in [-0.2, 0) is 6.42 Å². The van der Waals surface area contributed by atoms with Crippen molar-refractivity contribution in [1.82, 2.24) is 9.97 Å². The fraction of sp³-hybridized carbons (Fsp3) is 0.200. The molecule has 2 N–H and O–H groups in total. The summed E-state index contributed by atoms with van der Waals surface area (Å²) in [5, 5.41) is 1.50. The van der Waals surface area contributed by atoms with Gasteiger partial charge in [-0.25, -0.2) is 4.98 Å². The molecule has 0 atom stereocenters. The van der Waals surface area contributed by atoms with Gasteiger partial charge in [-0.3, -0.25) is 0 Å². The number of anilines is 1. The Balaban J connectivity index is 2.11. The lowest BCUT2D eigenvalue weighted by Gasteiger charge is -2.09. The minimum Gasteiger partial charge on any atom is -0.438 e. The third kappa shape index (κ3) is 2.80. The zero-order valence-corrected chi connectivity index (χ0v) is 13.3. The van der Waals surface area contributed by atoms with Crippen molar-refractivity contribution in [1.29, 1.82) is 0 Å². The van der Waals surface area contributed by atoms with Crippen LogP contribution < -0.4 is 10.5 Å². The lowest BCUT2D eigenvalue weighted by molar-refractivity contribution is 0.466. The molecule has 0 fully saturated rings. The second kappa shape index (κ2) is 5.50. The van der Waals surface area contributed by atoms with Gasteiger partial charge in [-0.2, -0.15) is 4.98 Å². The van der Waals surface area contributed by atoms with Gasteiger partial charge in [-0.05, 0) is 37.1 Å². The lowest BCUT2D eigenvalue weighted by atomic mass is 10.2. The highest BCUT2D eigenvalue weighted by Gasteiger charge is 2.13. The summed E-state index contributed by atoms with van der Waals surface area (Å²) in [4.78, 5) is 10.6. The molecule has 21 heavy (non-hydrogen) atoms. The third-order valence-electron chi connectivity index (χ3n) is 3.13. The minimum atomic E-state index is 0.210. The molecular formula is C15H14ClN3OS. The predicted octanol–water partition coefficient (Wildman–Crippen LogP) is 4.59. The van der Waals surface area contributed by atoms with Crippen LogP contribution in [0, 0.1) is 6.92 Å². The van der Waals surface area contributed by atoms with E-state index in [1.165, 1.54) is 4.88 Å². The zero-order chi connectivity index (χ0) is 15.0. The molecule has 6 heteroatoms. The van der Waals surface area contributed by atoms with Crippen LogP contribution in [0.4, 0.5) is 5.95 Å². The number of halogens is 1. The number of nitrogens with zero attached hydrogens (tertiary/aromatic N) is 2. The van der Waals surface area contributed by atoms with Crippen molar-refractivity contribution in [3.05, 3.63) is 39.7 Å². The van der Waals surface area contributed by atoms with Crippen molar-refractivity contribution in [3.8, 4) is 11.6 Å². The fourth-order valence-electron chi connectivity index (χ4n) is 2.00. The Hall–Kier alpha value is -1.85. The van der Waals surface area contributed by atoms with Crippen molar-refractivity contribution < 1.29 is 4.74 Å². The topological polar surface area (TPSA) is 61.0 Å². The predicted molar refractivity (Wildman–Crippen MR) is 87.5 cm³/mol. The van der Waals surface area contributed by atoms with Gasteiger partial charge in [-0.15, -0.1) is 11.3 Å². The summed E-state index contributed by atoms with van der Waals surface area (Å²) in [5.41, 5.74) is 6.76. The SMILES string of the molecule is CCc1cc2c(Oc3cc(Cl)ccc3C)nc(N)nc2s1. The van der Waals surface area contributed by atoms with Gasteiger partial charge in [0.25, 0.3) is 0 Å². The molecule has 4 nitrogen and oxygen atoms in total. The Bertz CT molecular complexity index is 816. The number of nitrogens with two attached hydrogens (primary N) is 1. The number of aromatic nitrogens is 2. The fourth-order valence-corrected chi connectivity index (χ4v) is 3.13. The van der Waals surface area contributed by atoms with E-state index in [1.54, 1.807) is 17.4 Å². The smallest absolute Gasteiger partial charge is 0.232 e. The molecule has 0 saturated heterocycles. The van der Waals surface area contributed by atoms with Crippen molar-refractivity contribution in [2.24, 2.45) is 0 Å². The molecule has 1 aromatic carbocycles. The standard InChI is InChI=1S/C15H14ClN3OS/c1-3-10-7-11-13(18-15(17)19-14(11)21-10)20-12-6-9(16)5-4-8(12)2/h4-7H,3H2,1-2H3,(H2,17,18,19). The summed E-state index contributed by atoms with van der Waals surface area (Å²) in [6, 6.07) is 7.56. The summed E-state index contributed by atoms with van der Waals surface area (Å²) in [6.45, 7) is 4.06. The Kier molecular flexibility index (Phi) is 3.69. The molecule has 0 bridgehead atoms. The Morgan fingerprint density at radius 3 is 2.86 bits per heavy atom. The van der Waals surface area contributed by atoms with Crippen molar-refractivity contribution in [2.45, 2.75) is 20.3 Å². The van der Waals surface area contributed by atoms with Crippen LogP contribution in [0.15, 0.2) is 24.3 Å². The first-order valence-corrected chi connectivity index (χ1v) is 7.76. The summed E-state index contributed by atoms with van der Waals surface area (Å²) >= 11 is 7.63. The molecule has 0 amide bonds. The summed E-state index contributed by atoms with van der Waals surface area (Å²) in [6.07, 6.45) is 0.941. The minimum absolute atomic E-state index is 0.210. The average Bonchev–Trinajstić information content (AvgIpc) is 2.86. The molecule has 2 aromatic heterocycles. The largest absolute Gasteiger partial charge is 0.438 e. The van der Waals surface area contributed by atoms with Gasteiger partial charge >= 0.3 is 0 Å². The lowest BCUT2D eigenvalue weighted by Crippen LogP contribution is -1.98. The first kappa shape index (κ1) is 14.1. The maximum atomic E-state index is 6.02. The van der Waals surface area contributed by atoms with Gasteiger partial charge in [-0.1, -0.05) is 24.6 Å². The van der Waals surface area contributed by atoms with Crippen LogP contribution in [0.1, 0.15) is 17.4 Å². The summed E-state index contributed by atoms with van der Waals surface area (Å²) < 4.78 is 5.93. The van der Waals surface area contributed by atoms with Crippen molar-refractivity contribution in [3.63, 3.8) is 0 Å². The highest BCUT2D eigenvalue weighted by atomic mass is 35.5. The Morgan fingerprint density at radius 2 is 2.10 bits per heavy atom. The zero-order valence-electron chi connectivity index (χ0n) is 11.7. The van der Waals surface area contributed by atoms with E-state index >= 15 is 0 Å². The van der Waals surface area contributed by atoms with Crippen molar-refractivity contribution in [2.75, 3.05) is 5.73 Å². The van der Waals surface area contributed by atoms with Gasteiger partial charge in [0.05, 0.1) is 5.39 Å². The molecule has 3 aromatic rings. The van der Waals surface area contributed by atoms with E-state index in [4.69, 9.17) is 22.1 Å². The van der Waals surface area contributed by atoms with Crippen LogP contribution in [0.2, 0.25) is 5.02 Å². The quantitative estimate of drug-likeness (QED) is 0.767. The second-order valence-electron chi connectivity index (χ2n) is 4.68. The van der Waals surface area contributed by atoms with E-state index in [0.717, 1.165) is 22.2 Å². The van der Waals surface area contributed by atoms with E-state index in [2.05, 4.69) is 23.0 Å². The van der Waals surface area contributed by atoms with E-state index in [9.17, 15) is 0 Å². The molecule has 0 unspecified atom stereocenters. The van der Waals surface area contributed by atoms with Gasteiger partial charge in [0.2, 0.25) is 11.8 Å². The highest BCUT2D eigenvalue weighted by Crippen LogP contribution is 2.35. The van der Waals surface area contributed by atoms with E-state index < -0.39 is 0 Å². The van der Waals surface area contributed by atoms with Gasteiger partial charge in [0, 0.05) is 9.90 Å². The normalized spacial score (nSPS) is 11.0. The molecule has 0 aliphatic rings. The van der Waals surface area contributed by atoms with E-state index in [0.29, 0.717) is 16.7 Å². The molecule has 0 radical (unpaired) electrons. The molecule has 2 heterocycles. The van der Waals surface area contributed by atoms with Crippen LogP contribution in [-0.4, -0.2) is 9.97 Å². The van der Waals surface area contributed by atoms with E-state index in [-0.39, 0.29) is 5.95 Å². The average molecular weight is 320 g/mol. The molecule has 3 rings (SSSR count). The number of hydrogen-bond acceptors (Lipinski definition) is 5. The monoisotopic (exact) mass is 319 g/mol. The van der Waals surface area contributed by atoms with E-state index in [1.807, 2.05) is 19.1 Å². The molecule has 0 saturated carbocycles. The maximum absolute atomic E-state index is 6.02. The van der Waals surface area contributed by atoms with Gasteiger partial charge in [0.15, 0.2) is 0 Å². The highest BCUT2D eigenvalue weighted by molar-refractivity contribution is 7.18. The van der Waals surface area contributed by atoms with Crippen LogP contribution >= 0.6 is 22.9 Å². The molecule has 0 aliphatic heterocycles. The second-order valence-corrected chi connectivity index (χ2v) is 6.24. The molecule has 0 spiro atoms. The number of rotatable bonds is 3. The number of fused-ring (bicyclic) bond motifs is 1. The molecule has 108 valence electrons. The molecule has 0 aliphatic carbocycles. The Morgan fingerprint density at radius 1 is 1.29 bits per heavy atom. The Labute approximate surface area is 131 Å². The number of ether oxygens (including phenoxy) is 1. The number of aryl methyl sites for hydroxylation is 2. The van der Waals surface area contributed by atoms with Crippen molar-refractivity contribution >= 4 is 39.1 Å². The third-order valence-corrected chi connectivity index (χ3v) is 4.54. The van der Waals surface area contributed by atoms with Gasteiger partial charge in [0.1, 0.15) is 10.6 Å². The first-order chi connectivity index (χ1) is 10.1. The number of thiophene rings is 1. The number of nitrogen functional groups attached to an aromatic ring is 1. The summed E-state index contributed by atoms with van der Waals surface area (Å²) in [7, 11) is 0. The van der Waals surface area contributed by atoms with Crippen LogP contribution in [0.25, 0.3) is 10.2 Å². The first-order valence-electron chi connectivity index (χ1n) is 6.56. The summed E-state index contributed by atoms with van der Waals surface area (Å²) in [5.74, 6) is 1.35.